The van der Waals surface area contributed by atoms with E-state index < -0.39 is 0 Å². The van der Waals surface area contributed by atoms with Crippen LogP contribution in [0.25, 0.3) is 0 Å². The lowest BCUT2D eigenvalue weighted by Gasteiger charge is -2.22. The van der Waals surface area contributed by atoms with E-state index in [4.69, 9.17) is 12.2 Å². The highest BCUT2D eigenvalue weighted by Gasteiger charge is 2.12. The van der Waals surface area contributed by atoms with Gasteiger partial charge in [0.15, 0.2) is 5.11 Å². The van der Waals surface area contributed by atoms with Crippen LogP contribution in [0.1, 0.15) is 48.2 Å². The smallest absolute Gasteiger partial charge is 0.167 e. The highest BCUT2D eigenvalue weighted by atomic mass is 32.1. The van der Waals surface area contributed by atoms with E-state index in [-0.39, 0.29) is 12.1 Å². The Morgan fingerprint density at radius 1 is 0.909 bits per heavy atom. The quantitative estimate of drug-likeness (QED) is 0.808. The molecule has 0 aliphatic rings. The summed E-state index contributed by atoms with van der Waals surface area (Å²) in [7, 11) is 0. The summed E-state index contributed by atoms with van der Waals surface area (Å²) in [5.74, 6) is 0. The third kappa shape index (κ3) is 4.31. The Bertz CT molecular complexity index is 637. The minimum absolute atomic E-state index is 0.184. The molecule has 2 unspecified atom stereocenters. The van der Waals surface area contributed by atoms with E-state index in [0.717, 1.165) is 0 Å². The molecule has 3 heteroatoms. The average Bonchev–Trinajstić information content (AvgIpc) is 2.47. The monoisotopic (exact) mass is 312 g/mol. The molecule has 0 bridgehead atoms. The number of rotatable bonds is 4. The van der Waals surface area contributed by atoms with Gasteiger partial charge in [-0.2, -0.15) is 0 Å². The van der Waals surface area contributed by atoms with E-state index in [2.05, 4.69) is 68.7 Å². The van der Waals surface area contributed by atoms with Crippen molar-refractivity contribution >= 4 is 17.3 Å². The molecule has 2 N–H and O–H groups in total. The molecule has 0 saturated carbocycles. The molecular formula is C19H24N2S. The minimum Gasteiger partial charge on any atom is -0.356 e. The van der Waals surface area contributed by atoms with Crippen molar-refractivity contribution in [2.45, 2.75) is 39.8 Å². The van der Waals surface area contributed by atoms with Crippen molar-refractivity contribution in [3.05, 3.63) is 70.8 Å². The second-order valence-corrected chi connectivity index (χ2v) is 6.24. The van der Waals surface area contributed by atoms with Gasteiger partial charge in [0.25, 0.3) is 0 Å². The van der Waals surface area contributed by atoms with Crippen molar-refractivity contribution < 1.29 is 0 Å². The first-order valence-electron chi connectivity index (χ1n) is 7.66. The number of hydrogen-bond acceptors (Lipinski definition) is 1. The molecule has 2 rings (SSSR count). The zero-order chi connectivity index (χ0) is 16.1. The highest BCUT2D eigenvalue weighted by molar-refractivity contribution is 7.80. The van der Waals surface area contributed by atoms with Gasteiger partial charge in [-0.15, -0.1) is 0 Å². The molecule has 2 aromatic rings. The fourth-order valence-electron chi connectivity index (χ4n) is 2.65. The first kappa shape index (κ1) is 16.5. The zero-order valence-corrected chi connectivity index (χ0v) is 14.5. The van der Waals surface area contributed by atoms with Crippen molar-refractivity contribution in [1.29, 1.82) is 0 Å². The lowest BCUT2D eigenvalue weighted by atomic mass is 10.0. The minimum atomic E-state index is 0.184. The summed E-state index contributed by atoms with van der Waals surface area (Å²) < 4.78 is 0. The van der Waals surface area contributed by atoms with E-state index in [1.165, 1.54) is 22.3 Å². The number of nitrogens with one attached hydrogen (secondary N) is 2. The summed E-state index contributed by atoms with van der Waals surface area (Å²) in [6, 6.07) is 17.2. The van der Waals surface area contributed by atoms with Crippen LogP contribution in [0.15, 0.2) is 48.5 Å². The molecule has 0 aromatic heterocycles. The summed E-state index contributed by atoms with van der Waals surface area (Å²) in [5.41, 5.74) is 5.08. The van der Waals surface area contributed by atoms with Crippen LogP contribution < -0.4 is 10.6 Å². The fraction of sp³-hybridized carbons (Fsp3) is 0.316. The SMILES string of the molecule is Cc1ccc(C(C)NC(=S)NC(C)c2ccccc2)c(C)c1. The van der Waals surface area contributed by atoms with Crippen LogP contribution in [0.3, 0.4) is 0 Å². The number of hydrogen-bond donors (Lipinski definition) is 2. The van der Waals surface area contributed by atoms with Crippen LogP contribution in [0.2, 0.25) is 0 Å². The van der Waals surface area contributed by atoms with E-state index in [0.29, 0.717) is 5.11 Å². The van der Waals surface area contributed by atoms with Gasteiger partial charge >= 0.3 is 0 Å². The maximum Gasteiger partial charge on any atom is 0.167 e. The highest BCUT2D eigenvalue weighted by Crippen LogP contribution is 2.19. The summed E-state index contributed by atoms with van der Waals surface area (Å²) in [5, 5.41) is 7.41. The second-order valence-electron chi connectivity index (χ2n) is 5.83. The van der Waals surface area contributed by atoms with Crippen molar-refractivity contribution in [1.82, 2.24) is 10.6 Å². The summed E-state index contributed by atoms with van der Waals surface area (Å²) in [6.07, 6.45) is 0. The van der Waals surface area contributed by atoms with Gasteiger partial charge in [0.1, 0.15) is 0 Å². The van der Waals surface area contributed by atoms with E-state index in [1.54, 1.807) is 0 Å². The van der Waals surface area contributed by atoms with Gasteiger partial charge in [-0.25, -0.2) is 0 Å². The average molecular weight is 312 g/mol. The van der Waals surface area contributed by atoms with Gasteiger partial charge in [-0.3, -0.25) is 0 Å². The Balaban J connectivity index is 1.96. The molecule has 0 heterocycles. The van der Waals surface area contributed by atoms with Gasteiger partial charge in [-0.05, 0) is 56.6 Å². The van der Waals surface area contributed by atoms with Gasteiger partial charge in [-0.1, -0.05) is 54.1 Å². The molecule has 0 fully saturated rings. The van der Waals surface area contributed by atoms with Crippen molar-refractivity contribution in [3.63, 3.8) is 0 Å². The molecule has 0 saturated heterocycles. The largest absolute Gasteiger partial charge is 0.356 e. The molecule has 22 heavy (non-hydrogen) atoms. The van der Waals surface area contributed by atoms with Crippen molar-refractivity contribution in [2.75, 3.05) is 0 Å². The Morgan fingerprint density at radius 3 is 2.18 bits per heavy atom. The fourth-order valence-corrected chi connectivity index (χ4v) is 3.00. The van der Waals surface area contributed by atoms with Gasteiger partial charge in [0, 0.05) is 0 Å². The lowest BCUT2D eigenvalue weighted by molar-refractivity contribution is 0.653. The van der Waals surface area contributed by atoms with Crippen LogP contribution in [-0.2, 0) is 0 Å². The van der Waals surface area contributed by atoms with Gasteiger partial charge in [0.05, 0.1) is 12.1 Å². The number of benzene rings is 2. The summed E-state index contributed by atoms with van der Waals surface area (Å²) in [4.78, 5) is 0. The first-order valence-corrected chi connectivity index (χ1v) is 8.07. The molecule has 2 atom stereocenters. The summed E-state index contributed by atoms with van der Waals surface area (Å²) in [6.45, 7) is 8.51. The third-order valence-electron chi connectivity index (χ3n) is 3.89. The summed E-state index contributed by atoms with van der Waals surface area (Å²) >= 11 is 5.45. The second kappa shape index (κ2) is 7.41. The molecule has 2 aromatic carbocycles. The van der Waals surface area contributed by atoms with E-state index in [9.17, 15) is 0 Å². The number of aryl methyl sites for hydroxylation is 2. The molecule has 116 valence electrons. The van der Waals surface area contributed by atoms with E-state index >= 15 is 0 Å². The van der Waals surface area contributed by atoms with Crippen LogP contribution in [0, 0.1) is 13.8 Å². The van der Waals surface area contributed by atoms with Crippen LogP contribution >= 0.6 is 12.2 Å². The lowest BCUT2D eigenvalue weighted by Crippen LogP contribution is -2.38. The Morgan fingerprint density at radius 2 is 1.55 bits per heavy atom. The predicted molar refractivity (Wildman–Crippen MR) is 98.1 cm³/mol. The van der Waals surface area contributed by atoms with E-state index in [1.807, 2.05) is 18.2 Å². The molecule has 0 aliphatic carbocycles. The number of thiocarbonyl (C=S) groups is 1. The third-order valence-corrected chi connectivity index (χ3v) is 4.12. The molecular weight excluding hydrogens is 288 g/mol. The van der Waals surface area contributed by atoms with Crippen LogP contribution in [0.5, 0.6) is 0 Å². The maximum absolute atomic E-state index is 5.45. The van der Waals surface area contributed by atoms with Gasteiger partial charge < -0.3 is 10.6 Å². The molecule has 0 radical (unpaired) electrons. The topological polar surface area (TPSA) is 24.1 Å². The zero-order valence-electron chi connectivity index (χ0n) is 13.7. The molecule has 0 aliphatic heterocycles. The first-order chi connectivity index (χ1) is 10.5. The maximum atomic E-state index is 5.45. The Labute approximate surface area is 139 Å². The van der Waals surface area contributed by atoms with Crippen molar-refractivity contribution in [2.24, 2.45) is 0 Å². The van der Waals surface area contributed by atoms with Gasteiger partial charge in [0.2, 0.25) is 0 Å². The standard InChI is InChI=1S/C19H24N2S/c1-13-10-11-18(14(2)12-13)16(4)21-19(22)20-15(3)17-8-6-5-7-9-17/h5-12,15-16H,1-4H3,(H2,20,21,22). The molecule has 0 spiro atoms. The van der Waals surface area contributed by atoms with Crippen LogP contribution in [-0.4, -0.2) is 5.11 Å². The van der Waals surface area contributed by atoms with Crippen LogP contribution in [0.4, 0.5) is 0 Å². The Kier molecular flexibility index (Phi) is 5.56. The molecule has 2 nitrogen and oxygen atoms in total. The predicted octanol–water partition coefficient (Wildman–Crippen LogP) is 4.59. The van der Waals surface area contributed by atoms with Crippen molar-refractivity contribution in [3.8, 4) is 0 Å². The molecule has 0 amide bonds. The Hall–Kier alpha value is -1.87. The normalized spacial score (nSPS) is 13.3.